The number of hydrogen-bond donors (Lipinski definition) is 1. The van der Waals surface area contributed by atoms with Gasteiger partial charge in [-0.25, -0.2) is 0 Å². The summed E-state index contributed by atoms with van der Waals surface area (Å²) in [5.41, 5.74) is 2.23. The molecule has 1 aliphatic rings. The van der Waals surface area contributed by atoms with E-state index < -0.39 is 0 Å². The second-order valence-electron chi connectivity index (χ2n) is 5.32. The molecule has 1 N–H and O–H groups in total. The van der Waals surface area contributed by atoms with Gasteiger partial charge in [0.2, 0.25) is 0 Å². The van der Waals surface area contributed by atoms with Gasteiger partial charge in [-0.2, -0.15) is 0 Å². The molecule has 1 heterocycles. The monoisotopic (exact) mass is 249 g/mol. The second kappa shape index (κ2) is 5.29. The molecule has 1 unspecified atom stereocenters. The van der Waals surface area contributed by atoms with Crippen LogP contribution in [0.4, 0.5) is 0 Å². The van der Waals surface area contributed by atoms with Crippen molar-refractivity contribution in [3.8, 4) is 5.75 Å². The summed E-state index contributed by atoms with van der Waals surface area (Å²) in [6.07, 6.45) is 2.21. The Labute approximate surface area is 109 Å². The van der Waals surface area contributed by atoms with E-state index >= 15 is 0 Å². The molecule has 0 spiro atoms. The second-order valence-corrected chi connectivity index (χ2v) is 5.32. The van der Waals surface area contributed by atoms with Crippen molar-refractivity contribution in [2.75, 3.05) is 20.8 Å². The van der Waals surface area contributed by atoms with Gasteiger partial charge in [-0.15, -0.1) is 0 Å². The largest absolute Gasteiger partial charge is 0.493 e. The molecule has 0 fully saturated rings. The molecule has 0 aromatic heterocycles. The molecule has 2 rings (SSSR count). The molecule has 0 radical (unpaired) electrons. The lowest BCUT2D eigenvalue weighted by molar-refractivity contribution is -0.00982. The average Bonchev–Trinajstić information content (AvgIpc) is 2.39. The first-order chi connectivity index (χ1) is 8.60. The molecule has 3 heteroatoms. The average molecular weight is 249 g/mol. The number of ether oxygens (including phenoxy) is 2. The van der Waals surface area contributed by atoms with Crippen LogP contribution in [-0.2, 0) is 11.2 Å². The van der Waals surface area contributed by atoms with Gasteiger partial charge in [-0.3, -0.25) is 0 Å². The van der Waals surface area contributed by atoms with Crippen LogP contribution in [0.25, 0.3) is 0 Å². The highest BCUT2D eigenvalue weighted by Gasteiger charge is 2.32. The summed E-state index contributed by atoms with van der Waals surface area (Å²) >= 11 is 0. The normalized spacial score (nSPS) is 16.9. The van der Waals surface area contributed by atoms with E-state index in [4.69, 9.17) is 9.47 Å². The smallest absolute Gasteiger partial charge is 0.127 e. The number of likely N-dealkylation sites (N-methyl/N-ethyl adjacent to an activating group) is 1. The summed E-state index contributed by atoms with van der Waals surface area (Å²) in [5, 5.41) is 3.35. The van der Waals surface area contributed by atoms with Crippen molar-refractivity contribution in [1.82, 2.24) is 5.32 Å². The van der Waals surface area contributed by atoms with Crippen LogP contribution >= 0.6 is 0 Å². The van der Waals surface area contributed by atoms with Gasteiger partial charge in [0.25, 0.3) is 0 Å². The van der Waals surface area contributed by atoms with E-state index in [2.05, 4.69) is 37.4 Å². The van der Waals surface area contributed by atoms with Crippen LogP contribution in [0, 0.1) is 0 Å². The minimum atomic E-state index is -0.273. The van der Waals surface area contributed by atoms with Gasteiger partial charge in [0.1, 0.15) is 5.75 Å². The maximum atomic E-state index is 5.88. The van der Waals surface area contributed by atoms with E-state index in [-0.39, 0.29) is 11.6 Å². The van der Waals surface area contributed by atoms with Gasteiger partial charge in [0.15, 0.2) is 0 Å². The summed E-state index contributed by atoms with van der Waals surface area (Å²) in [6, 6.07) is 6.52. The van der Waals surface area contributed by atoms with Crippen LogP contribution in [0.3, 0.4) is 0 Å². The lowest BCUT2D eigenvalue weighted by Crippen LogP contribution is -2.39. The number of nitrogens with one attached hydrogen (secondary N) is 1. The molecular weight excluding hydrogens is 226 g/mol. The molecule has 1 aliphatic heterocycles. The van der Waals surface area contributed by atoms with Gasteiger partial charge in [0.05, 0.1) is 18.2 Å². The predicted octanol–water partition coefficient (Wildman–Crippen LogP) is 2.70. The molecule has 0 aliphatic carbocycles. The van der Waals surface area contributed by atoms with Crippen LogP contribution in [0.2, 0.25) is 0 Å². The fourth-order valence-corrected chi connectivity index (χ4v) is 2.64. The van der Waals surface area contributed by atoms with Crippen molar-refractivity contribution >= 4 is 0 Å². The zero-order valence-corrected chi connectivity index (χ0v) is 11.7. The molecule has 0 amide bonds. The maximum Gasteiger partial charge on any atom is 0.127 e. The lowest BCUT2D eigenvalue weighted by atomic mass is 9.88. The molecule has 0 saturated carbocycles. The van der Waals surface area contributed by atoms with Crippen molar-refractivity contribution in [2.24, 2.45) is 0 Å². The van der Waals surface area contributed by atoms with Crippen LogP contribution in [-0.4, -0.2) is 26.4 Å². The van der Waals surface area contributed by atoms with E-state index in [0.717, 1.165) is 25.2 Å². The third-order valence-electron chi connectivity index (χ3n) is 3.78. The molecule has 100 valence electrons. The predicted molar refractivity (Wildman–Crippen MR) is 73.1 cm³/mol. The van der Waals surface area contributed by atoms with Gasteiger partial charge >= 0.3 is 0 Å². The van der Waals surface area contributed by atoms with Gasteiger partial charge < -0.3 is 14.8 Å². The molecule has 1 atom stereocenters. The van der Waals surface area contributed by atoms with E-state index in [1.54, 1.807) is 7.11 Å². The quantitative estimate of drug-likeness (QED) is 0.890. The maximum absolute atomic E-state index is 5.88. The number of hydrogen-bond acceptors (Lipinski definition) is 3. The first-order valence-electron chi connectivity index (χ1n) is 6.57. The van der Waals surface area contributed by atoms with Crippen LogP contribution in [0.5, 0.6) is 5.75 Å². The van der Waals surface area contributed by atoms with E-state index in [9.17, 15) is 0 Å². The molecular formula is C15H23NO2. The van der Waals surface area contributed by atoms with Crippen molar-refractivity contribution in [3.63, 3.8) is 0 Å². The minimum absolute atomic E-state index is 0.121. The summed E-state index contributed by atoms with van der Waals surface area (Å²) in [7, 11) is 3.72. The van der Waals surface area contributed by atoms with Crippen LogP contribution < -0.4 is 10.1 Å². The first-order valence-corrected chi connectivity index (χ1v) is 6.57. The Kier molecular flexibility index (Phi) is 3.93. The molecule has 3 nitrogen and oxygen atoms in total. The van der Waals surface area contributed by atoms with Gasteiger partial charge in [0, 0.05) is 12.7 Å². The summed E-state index contributed by atoms with van der Waals surface area (Å²) in [6.45, 7) is 5.00. The summed E-state index contributed by atoms with van der Waals surface area (Å²) in [5.74, 6) is 1.05. The third kappa shape index (κ3) is 2.38. The Morgan fingerprint density at radius 3 is 2.83 bits per heavy atom. The SMILES string of the molecule is CNC(c1cccc2c1OCCC2)C(C)(C)OC. The Hall–Kier alpha value is -1.06. The third-order valence-corrected chi connectivity index (χ3v) is 3.78. The molecule has 18 heavy (non-hydrogen) atoms. The van der Waals surface area contributed by atoms with Gasteiger partial charge in [-0.1, -0.05) is 18.2 Å². The standard InChI is InChI=1S/C15H23NO2/c1-15(2,17-4)14(16-3)12-9-5-7-11-8-6-10-18-13(11)12/h5,7,9,14,16H,6,8,10H2,1-4H3. The van der Waals surface area contributed by atoms with Crippen molar-refractivity contribution in [3.05, 3.63) is 29.3 Å². The molecule has 1 aromatic rings. The van der Waals surface area contributed by atoms with E-state index in [0.29, 0.717) is 0 Å². The van der Waals surface area contributed by atoms with E-state index in [1.807, 2.05) is 7.05 Å². The van der Waals surface area contributed by atoms with Crippen molar-refractivity contribution in [1.29, 1.82) is 0 Å². The number of para-hydroxylation sites is 1. The highest BCUT2D eigenvalue weighted by Crippen LogP contribution is 2.37. The molecule has 0 bridgehead atoms. The Morgan fingerprint density at radius 2 is 2.17 bits per heavy atom. The zero-order valence-electron chi connectivity index (χ0n) is 11.7. The topological polar surface area (TPSA) is 30.5 Å². The fraction of sp³-hybridized carbons (Fsp3) is 0.600. The van der Waals surface area contributed by atoms with E-state index in [1.165, 1.54) is 11.1 Å². The van der Waals surface area contributed by atoms with Crippen LogP contribution in [0.1, 0.15) is 37.4 Å². The molecule has 0 saturated heterocycles. The Morgan fingerprint density at radius 1 is 1.39 bits per heavy atom. The zero-order chi connectivity index (χ0) is 13.2. The summed E-state index contributed by atoms with van der Waals surface area (Å²) < 4.78 is 11.5. The summed E-state index contributed by atoms with van der Waals surface area (Å²) in [4.78, 5) is 0. The highest BCUT2D eigenvalue weighted by atomic mass is 16.5. The number of benzene rings is 1. The van der Waals surface area contributed by atoms with Crippen molar-refractivity contribution in [2.45, 2.75) is 38.3 Å². The number of fused-ring (bicyclic) bond motifs is 1. The Bertz CT molecular complexity index is 415. The number of aryl methyl sites for hydroxylation is 1. The first kappa shape index (κ1) is 13.4. The fourth-order valence-electron chi connectivity index (χ4n) is 2.64. The van der Waals surface area contributed by atoms with Crippen molar-refractivity contribution < 1.29 is 9.47 Å². The number of methoxy groups -OCH3 is 1. The Balaban J connectivity index is 2.43. The minimum Gasteiger partial charge on any atom is -0.493 e. The lowest BCUT2D eigenvalue weighted by Gasteiger charge is -2.35. The molecule has 1 aromatic carbocycles. The number of rotatable bonds is 4. The highest BCUT2D eigenvalue weighted by molar-refractivity contribution is 5.45. The van der Waals surface area contributed by atoms with Crippen LogP contribution in [0.15, 0.2) is 18.2 Å². The van der Waals surface area contributed by atoms with Gasteiger partial charge in [-0.05, 0) is 39.3 Å².